The van der Waals surface area contributed by atoms with E-state index in [-0.39, 0.29) is 0 Å². The third-order valence-corrected chi connectivity index (χ3v) is 3.65. The zero-order chi connectivity index (χ0) is 13.7. The summed E-state index contributed by atoms with van der Waals surface area (Å²) in [5.74, 6) is 0. The fraction of sp³-hybridized carbons (Fsp3) is 0.133. The van der Waals surface area contributed by atoms with Crippen LogP contribution in [-0.4, -0.2) is 24.3 Å². The zero-order valence-corrected chi connectivity index (χ0v) is 11.3. The Bertz CT molecular complexity index is 854. The zero-order valence-electron chi connectivity index (χ0n) is 11.3. The van der Waals surface area contributed by atoms with Gasteiger partial charge < -0.3 is 4.57 Å². The smallest absolute Gasteiger partial charge is 0.0956 e. The molecule has 3 heterocycles. The summed E-state index contributed by atoms with van der Waals surface area (Å²) < 4.78 is 3.84. The van der Waals surface area contributed by atoms with Crippen molar-refractivity contribution < 1.29 is 0 Å². The van der Waals surface area contributed by atoms with Crippen molar-refractivity contribution in [2.75, 3.05) is 0 Å². The first-order chi connectivity index (χ1) is 9.72. The van der Waals surface area contributed by atoms with Gasteiger partial charge in [0.25, 0.3) is 0 Å². The number of imidazole rings is 1. The second kappa shape index (κ2) is 3.90. The summed E-state index contributed by atoms with van der Waals surface area (Å²) in [5.41, 5.74) is 5.13. The average molecular weight is 263 g/mol. The molecule has 0 fully saturated rings. The molecule has 0 radical (unpaired) electrons. The van der Waals surface area contributed by atoms with Crippen LogP contribution in [0, 0.1) is 0 Å². The molecule has 0 bridgehead atoms. The summed E-state index contributed by atoms with van der Waals surface area (Å²) >= 11 is 0. The SMILES string of the molecule is Cn1cnc2cc(-c3ccc4c(cnn4C)c3)ncc21. The Kier molecular flexibility index (Phi) is 2.18. The Morgan fingerprint density at radius 1 is 0.950 bits per heavy atom. The van der Waals surface area contributed by atoms with E-state index in [9.17, 15) is 0 Å². The maximum atomic E-state index is 4.54. The quantitative estimate of drug-likeness (QED) is 0.530. The molecule has 4 aromatic rings. The van der Waals surface area contributed by atoms with Gasteiger partial charge in [-0.1, -0.05) is 6.07 Å². The minimum atomic E-state index is 0.932. The van der Waals surface area contributed by atoms with Crippen LogP contribution in [0.25, 0.3) is 33.2 Å². The van der Waals surface area contributed by atoms with Crippen LogP contribution in [0.15, 0.2) is 43.0 Å². The van der Waals surface area contributed by atoms with Crippen LogP contribution in [0.3, 0.4) is 0 Å². The second-order valence-electron chi connectivity index (χ2n) is 4.96. The molecule has 0 aliphatic carbocycles. The molecule has 4 rings (SSSR count). The summed E-state index contributed by atoms with van der Waals surface area (Å²) in [6.45, 7) is 0. The second-order valence-corrected chi connectivity index (χ2v) is 4.96. The van der Waals surface area contributed by atoms with Gasteiger partial charge in [-0.05, 0) is 18.2 Å². The number of aryl methyl sites for hydroxylation is 2. The highest BCUT2D eigenvalue weighted by Crippen LogP contribution is 2.24. The molecule has 5 heteroatoms. The third-order valence-electron chi connectivity index (χ3n) is 3.65. The van der Waals surface area contributed by atoms with E-state index in [2.05, 4.69) is 33.3 Å². The topological polar surface area (TPSA) is 48.5 Å². The average Bonchev–Trinajstić information content (AvgIpc) is 3.03. The summed E-state index contributed by atoms with van der Waals surface area (Å²) in [6.07, 6.45) is 5.55. The molecule has 20 heavy (non-hydrogen) atoms. The van der Waals surface area contributed by atoms with E-state index in [0.717, 1.165) is 33.2 Å². The molecule has 0 saturated carbocycles. The summed E-state index contributed by atoms with van der Waals surface area (Å²) in [6, 6.07) is 8.27. The van der Waals surface area contributed by atoms with E-state index in [4.69, 9.17) is 0 Å². The van der Waals surface area contributed by atoms with Crippen molar-refractivity contribution in [3.8, 4) is 11.3 Å². The highest BCUT2D eigenvalue weighted by molar-refractivity contribution is 5.86. The minimum absolute atomic E-state index is 0.932. The number of nitrogens with zero attached hydrogens (tertiary/aromatic N) is 5. The van der Waals surface area contributed by atoms with Crippen molar-refractivity contribution in [3.05, 3.63) is 43.0 Å². The first-order valence-corrected chi connectivity index (χ1v) is 6.41. The maximum Gasteiger partial charge on any atom is 0.0956 e. The number of pyridine rings is 1. The first-order valence-electron chi connectivity index (χ1n) is 6.41. The van der Waals surface area contributed by atoms with Crippen molar-refractivity contribution in [2.45, 2.75) is 0 Å². The summed E-state index contributed by atoms with van der Waals surface area (Å²) in [5, 5.41) is 5.38. The fourth-order valence-corrected chi connectivity index (χ4v) is 2.50. The Labute approximate surface area is 115 Å². The molecule has 3 aromatic heterocycles. The molecule has 0 N–H and O–H groups in total. The lowest BCUT2D eigenvalue weighted by molar-refractivity contribution is 0.797. The van der Waals surface area contributed by atoms with Gasteiger partial charge in [0.1, 0.15) is 0 Å². The van der Waals surface area contributed by atoms with Crippen molar-refractivity contribution in [2.24, 2.45) is 14.1 Å². The Morgan fingerprint density at radius 2 is 1.85 bits per heavy atom. The van der Waals surface area contributed by atoms with Crippen LogP contribution in [0.4, 0.5) is 0 Å². The van der Waals surface area contributed by atoms with Crippen LogP contribution >= 0.6 is 0 Å². The Balaban J connectivity index is 1.91. The lowest BCUT2D eigenvalue weighted by Gasteiger charge is -2.02. The van der Waals surface area contributed by atoms with Crippen molar-refractivity contribution >= 4 is 21.9 Å². The first kappa shape index (κ1) is 11.2. The van der Waals surface area contributed by atoms with Gasteiger partial charge in [0, 0.05) is 25.0 Å². The number of hydrogen-bond acceptors (Lipinski definition) is 3. The molecule has 1 aromatic carbocycles. The van der Waals surface area contributed by atoms with E-state index in [0.29, 0.717) is 0 Å². The number of hydrogen-bond donors (Lipinski definition) is 0. The third kappa shape index (κ3) is 1.53. The molecule has 0 spiro atoms. The van der Waals surface area contributed by atoms with E-state index in [1.54, 1.807) is 6.33 Å². The molecule has 0 aliphatic heterocycles. The number of benzene rings is 1. The van der Waals surface area contributed by atoms with Crippen molar-refractivity contribution in [1.82, 2.24) is 24.3 Å². The van der Waals surface area contributed by atoms with Gasteiger partial charge >= 0.3 is 0 Å². The maximum absolute atomic E-state index is 4.54. The van der Waals surface area contributed by atoms with Gasteiger partial charge in [0.2, 0.25) is 0 Å². The minimum Gasteiger partial charge on any atom is -0.332 e. The Morgan fingerprint density at radius 3 is 2.75 bits per heavy atom. The highest BCUT2D eigenvalue weighted by atomic mass is 15.2. The highest BCUT2D eigenvalue weighted by Gasteiger charge is 2.07. The molecular weight excluding hydrogens is 250 g/mol. The van der Waals surface area contributed by atoms with Gasteiger partial charge in [0.15, 0.2) is 0 Å². The number of rotatable bonds is 1. The molecule has 0 atom stereocenters. The fourth-order valence-electron chi connectivity index (χ4n) is 2.50. The lowest BCUT2D eigenvalue weighted by atomic mass is 10.1. The van der Waals surface area contributed by atoms with Crippen LogP contribution < -0.4 is 0 Å². The molecule has 98 valence electrons. The van der Waals surface area contributed by atoms with Gasteiger partial charge in [-0.25, -0.2) is 4.98 Å². The standard InChI is InChI=1S/C15H13N5/c1-19-9-17-13-6-12(16-8-15(13)19)10-3-4-14-11(5-10)7-18-20(14)2/h3-9H,1-2H3. The number of aromatic nitrogens is 5. The van der Waals surface area contributed by atoms with Gasteiger partial charge in [-0.3, -0.25) is 9.67 Å². The normalized spacial score (nSPS) is 11.5. The Hall–Kier alpha value is -2.69. The summed E-state index contributed by atoms with van der Waals surface area (Å²) in [4.78, 5) is 8.91. The van der Waals surface area contributed by atoms with Gasteiger partial charge in [-0.15, -0.1) is 0 Å². The van der Waals surface area contributed by atoms with Crippen molar-refractivity contribution in [3.63, 3.8) is 0 Å². The van der Waals surface area contributed by atoms with Crippen LogP contribution in [0.5, 0.6) is 0 Å². The number of fused-ring (bicyclic) bond motifs is 2. The van der Waals surface area contributed by atoms with Crippen LogP contribution in [0.1, 0.15) is 0 Å². The molecular formula is C15H13N5. The molecule has 5 nitrogen and oxygen atoms in total. The van der Waals surface area contributed by atoms with E-state index in [1.165, 1.54) is 0 Å². The summed E-state index contributed by atoms with van der Waals surface area (Å²) in [7, 11) is 3.92. The van der Waals surface area contributed by atoms with E-state index in [1.807, 2.05) is 41.8 Å². The molecule has 0 saturated heterocycles. The predicted molar refractivity (Wildman–Crippen MR) is 78.2 cm³/mol. The molecule has 0 amide bonds. The van der Waals surface area contributed by atoms with Crippen LogP contribution in [-0.2, 0) is 14.1 Å². The van der Waals surface area contributed by atoms with E-state index >= 15 is 0 Å². The largest absolute Gasteiger partial charge is 0.332 e. The van der Waals surface area contributed by atoms with E-state index < -0.39 is 0 Å². The van der Waals surface area contributed by atoms with Crippen molar-refractivity contribution in [1.29, 1.82) is 0 Å². The lowest BCUT2D eigenvalue weighted by Crippen LogP contribution is -1.89. The monoisotopic (exact) mass is 263 g/mol. The van der Waals surface area contributed by atoms with Gasteiger partial charge in [0.05, 0.1) is 41.0 Å². The van der Waals surface area contributed by atoms with Crippen LogP contribution in [0.2, 0.25) is 0 Å². The molecule has 0 unspecified atom stereocenters. The predicted octanol–water partition coefficient (Wildman–Crippen LogP) is 2.52. The van der Waals surface area contributed by atoms with Gasteiger partial charge in [-0.2, -0.15) is 5.10 Å². The molecule has 0 aliphatic rings.